The van der Waals surface area contributed by atoms with Crippen molar-refractivity contribution in [3.63, 3.8) is 0 Å². The molecule has 0 amide bonds. The lowest BCUT2D eigenvalue weighted by Gasteiger charge is -2.16. The summed E-state index contributed by atoms with van der Waals surface area (Å²) in [4.78, 5) is 21.2. The number of carboxylic acid groups (broad SMARTS) is 2. The van der Waals surface area contributed by atoms with E-state index in [-0.39, 0.29) is 0 Å². The highest BCUT2D eigenvalue weighted by atomic mass is 16.5. The first-order valence-corrected chi connectivity index (χ1v) is 5.73. The van der Waals surface area contributed by atoms with Crippen LogP contribution < -0.4 is 4.74 Å². The maximum absolute atomic E-state index is 10.8. The van der Waals surface area contributed by atoms with Crippen molar-refractivity contribution >= 4 is 18.0 Å². The first kappa shape index (κ1) is 14.8. The zero-order valence-corrected chi connectivity index (χ0v) is 11.0. The Bertz CT molecular complexity index is 508. The minimum Gasteiger partial charge on any atom is -0.479 e. The number of ether oxygens (including phenoxy) is 1. The summed E-state index contributed by atoms with van der Waals surface area (Å²) >= 11 is 0. The monoisotopic (exact) mass is 264 g/mol. The van der Waals surface area contributed by atoms with Gasteiger partial charge in [-0.05, 0) is 55.7 Å². The normalized spacial score (nSPS) is 12.4. The molecule has 0 bridgehead atoms. The highest BCUT2D eigenvalue weighted by Gasteiger charge is 2.15. The van der Waals surface area contributed by atoms with Crippen molar-refractivity contribution in [2.24, 2.45) is 0 Å². The fourth-order valence-electron chi connectivity index (χ4n) is 1.66. The summed E-state index contributed by atoms with van der Waals surface area (Å²) in [5.41, 5.74) is 2.25. The number of aliphatic carboxylic acids is 2. The quantitative estimate of drug-likeness (QED) is 0.797. The van der Waals surface area contributed by atoms with Crippen LogP contribution in [0.25, 0.3) is 6.08 Å². The Morgan fingerprint density at radius 1 is 1.21 bits per heavy atom. The third kappa shape index (κ3) is 4.13. The molecule has 0 radical (unpaired) electrons. The van der Waals surface area contributed by atoms with Crippen LogP contribution in [-0.2, 0) is 9.59 Å². The summed E-state index contributed by atoms with van der Waals surface area (Å²) in [5, 5.41) is 17.4. The van der Waals surface area contributed by atoms with E-state index in [1.54, 1.807) is 26.0 Å². The van der Waals surface area contributed by atoms with Crippen LogP contribution in [0.1, 0.15) is 23.6 Å². The maximum atomic E-state index is 10.8. The highest BCUT2D eigenvalue weighted by molar-refractivity contribution is 5.85. The predicted octanol–water partition coefficient (Wildman–Crippen LogP) is 2.25. The largest absolute Gasteiger partial charge is 0.479 e. The molecule has 0 aromatic heterocycles. The lowest BCUT2D eigenvalue weighted by atomic mass is 10.1. The number of hydrogen-bond acceptors (Lipinski definition) is 3. The van der Waals surface area contributed by atoms with Crippen molar-refractivity contribution in [2.45, 2.75) is 26.9 Å². The number of benzene rings is 1. The molecule has 0 saturated heterocycles. The van der Waals surface area contributed by atoms with E-state index in [9.17, 15) is 9.59 Å². The van der Waals surface area contributed by atoms with Gasteiger partial charge in [0.1, 0.15) is 5.75 Å². The number of rotatable bonds is 5. The van der Waals surface area contributed by atoms with E-state index in [2.05, 4.69) is 0 Å². The van der Waals surface area contributed by atoms with Gasteiger partial charge in [0.15, 0.2) is 6.10 Å². The smallest absolute Gasteiger partial charge is 0.344 e. The van der Waals surface area contributed by atoms with Crippen LogP contribution in [0.15, 0.2) is 18.2 Å². The standard InChI is InChI=1S/C14H16O5/c1-8-6-11(4-5-12(15)16)7-9(2)13(8)19-10(3)14(17)18/h4-7,10H,1-3H3,(H,15,16)(H,17,18). The molecular weight excluding hydrogens is 248 g/mol. The minimum absolute atomic E-state index is 0.516. The van der Waals surface area contributed by atoms with Gasteiger partial charge in [-0.25, -0.2) is 9.59 Å². The van der Waals surface area contributed by atoms with Crippen LogP contribution >= 0.6 is 0 Å². The van der Waals surface area contributed by atoms with Crippen molar-refractivity contribution in [1.82, 2.24) is 0 Å². The Morgan fingerprint density at radius 2 is 1.74 bits per heavy atom. The van der Waals surface area contributed by atoms with E-state index < -0.39 is 18.0 Å². The summed E-state index contributed by atoms with van der Waals surface area (Å²) in [7, 11) is 0. The van der Waals surface area contributed by atoms with Gasteiger partial charge in [-0.2, -0.15) is 0 Å². The van der Waals surface area contributed by atoms with Gasteiger partial charge in [-0.15, -0.1) is 0 Å². The third-order valence-electron chi connectivity index (χ3n) is 2.54. The Balaban J connectivity index is 3.04. The molecule has 1 atom stereocenters. The summed E-state index contributed by atoms with van der Waals surface area (Å²) in [6, 6.07) is 3.49. The van der Waals surface area contributed by atoms with E-state index in [1.807, 2.05) is 0 Å². The van der Waals surface area contributed by atoms with Crippen LogP contribution in [0.5, 0.6) is 5.75 Å². The van der Waals surface area contributed by atoms with Gasteiger partial charge in [-0.3, -0.25) is 0 Å². The number of carbonyl (C=O) groups is 2. The van der Waals surface area contributed by atoms with Gasteiger partial charge >= 0.3 is 11.9 Å². The molecule has 1 unspecified atom stereocenters. The lowest BCUT2D eigenvalue weighted by Crippen LogP contribution is -2.23. The van der Waals surface area contributed by atoms with Crippen molar-refractivity contribution < 1.29 is 24.5 Å². The zero-order chi connectivity index (χ0) is 14.6. The first-order valence-electron chi connectivity index (χ1n) is 5.73. The third-order valence-corrected chi connectivity index (χ3v) is 2.54. The average molecular weight is 264 g/mol. The van der Waals surface area contributed by atoms with Gasteiger partial charge in [0.25, 0.3) is 0 Å². The van der Waals surface area contributed by atoms with Crippen molar-refractivity contribution in [1.29, 1.82) is 0 Å². The second-order valence-electron chi connectivity index (χ2n) is 4.25. The van der Waals surface area contributed by atoms with Crippen molar-refractivity contribution in [3.8, 4) is 5.75 Å². The summed E-state index contributed by atoms with van der Waals surface area (Å²) in [6.45, 7) is 5.03. The fraction of sp³-hybridized carbons (Fsp3) is 0.286. The number of carboxylic acids is 2. The molecule has 5 nitrogen and oxygen atoms in total. The molecule has 0 fully saturated rings. The fourth-order valence-corrected chi connectivity index (χ4v) is 1.66. The Morgan fingerprint density at radius 3 is 2.16 bits per heavy atom. The molecule has 0 aliphatic carbocycles. The molecule has 2 N–H and O–H groups in total. The molecule has 1 rings (SSSR count). The molecule has 0 aliphatic heterocycles. The van der Waals surface area contributed by atoms with E-state index >= 15 is 0 Å². The second-order valence-corrected chi connectivity index (χ2v) is 4.25. The van der Waals surface area contributed by atoms with Gasteiger partial charge in [0.05, 0.1) is 0 Å². The SMILES string of the molecule is Cc1cc(C=CC(=O)O)cc(C)c1OC(C)C(=O)O. The van der Waals surface area contributed by atoms with E-state index in [1.165, 1.54) is 13.0 Å². The van der Waals surface area contributed by atoms with E-state index in [0.29, 0.717) is 5.75 Å². The van der Waals surface area contributed by atoms with Gasteiger partial charge < -0.3 is 14.9 Å². The average Bonchev–Trinajstić information content (AvgIpc) is 2.30. The molecule has 102 valence electrons. The van der Waals surface area contributed by atoms with E-state index in [0.717, 1.165) is 22.8 Å². The van der Waals surface area contributed by atoms with Gasteiger partial charge in [0.2, 0.25) is 0 Å². The summed E-state index contributed by atoms with van der Waals surface area (Å²) in [6.07, 6.45) is 1.60. The Labute approximate surface area is 111 Å². The molecular formula is C14H16O5. The zero-order valence-electron chi connectivity index (χ0n) is 11.0. The van der Waals surface area contributed by atoms with Gasteiger partial charge in [0, 0.05) is 6.08 Å². The Kier molecular flexibility index (Phi) is 4.69. The number of hydrogen-bond donors (Lipinski definition) is 2. The second kappa shape index (κ2) is 6.04. The van der Waals surface area contributed by atoms with Crippen LogP contribution in [0.2, 0.25) is 0 Å². The van der Waals surface area contributed by atoms with Crippen LogP contribution in [0.3, 0.4) is 0 Å². The molecule has 0 saturated carbocycles. The molecule has 1 aromatic carbocycles. The molecule has 0 heterocycles. The van der Waals surface area contributed by atoms with Crippen molar-refractivity contribution in [3.05, 3.63) is 34.9 Å². The minimum atomic E-state index is -1.03. The summed E-state index contributed by atoms with van der Waals surface area (Å²) in [5.74, 6) is -1.54. The topological polar surface area (TPSA) is 83.8 Å². The van der Waals surface area contributed by atoms with Crippen LogP contribution in [-0.4, -0.2) is 28.3 Å². The van der Waals surface area contributed by atoms with E-state index in [4.69, 9.17) is 14.9 Å². The predicted molar refractivity (Wildman–Crippen MR) is 70.3 cm³/mol. The first-order chi connectivity index (χ1) is 8.81. The molecule has 0 aliphatic rings. The number of aryl methyl sites for hydroxylation is 2. The molecule has 5 heteroatoms. The molecule has 19 heavy (non-hydrogen) atoms. The van der Waals surface area contributed by atoms with Crippen LogP contribution in [0, 0.1) is 13.8 Å². The lowest BCUT2D eigenvalue weighted by molar-refractivity contribution is -0.144. The molecule has 0 spiro atoms. The van der Waals surface area contributed by atoms with Crippen LogP contribution in [0.4, 0.5) is 0 Å². The maximum Gasteiger partial charge on any atom is 0.344 e. The Hall–Kier alpha value is -2.30. The highest BCUT2D eigenvalue weighted by Crippen LogP contribution is 2.26. The summed E-state index contributed by atoms with van der Waals surface area (Å²) < 4.78 is 5.38. The molecule has 1 aromatic rings. The van der Waals surface area contributed by atoms with Crippen molar-refractivity contribution in [2.75, 3.05) is 0 Å². The van der Waals surface area contributed by atoms with Gasteiger partial charge in [-0.1, -0.05) is 0 Å².